The molecule has 0 amide bonds. The van der Waals surface area contributed by atoms with Gasteiger partial charge in [0.25, 0.3) is 5.56 Å². The van der Waals surface area contributed by atoms with Gasteiger partial charge in [-0.3, -0.25) is 9.59 Å². The van der Waals surface area contributed by atoms with Crippen molar-refractivity contribution >= 4 is 11.8 Å². The van der Waals surface area contributed by atoms with Crippen molar-refractivity contribution in [1.82, 2.24) is 4.98 Å². The van der Waals surface area contributed by atoms with Crippen LogP contribution >= 0.6 is 0 Å². The molecule has 1 saturated carbocycles. The number of H-pyrrole nitrogens is 1. The molecule has 0 unspecified atom stereocenters. The summed E-state index contributed by atoms with van der Waals surface area (Å²) in [7, 11) is 0. The Bertz CT molecular complexity index is 849. The van der Waals surface area contributed by atoms with Crippen molar-refractivity contribution in [1.29, 1.82) is 0 Å². The maximum atomic E-state index is 12.7. The summed E-state index contributed by atoms with van der Waals surface area (Å²) in [6.07, 6.45) is 1.32. The van der Waals surface area contributed by atoms with Crippen molar-refractivity contribution in [2.75, 3.05) is 6.61 Å². The van der Waals surface area contributed by atoms with Crippen LogP contribution in [0.5, 0.6) is 0 Å². The van der Waals surface area contributed by atoms with Crippen molar-refractivity contribution in [3.05, 3.63) is 33.2 Å². The Hall–Kier alpha value is -1.95. The van der Waals surface area contributed by atoms with E-state index < -0.39 is 11.5 Å². The summed E-state index contributed by atoms with van der Waals surface area (Å²) in [6, 6.07) is 1.41. The van der Waals surface area contributed by atoms with Crippen LogP contribution in [0.3, 0.4) is 0 Å². The Morgan fingerprint density at radius 2 is 1.86 bits per heavy atom. The van der Waals surface area contributed by atoms with Gasteiger partial charge in [0.2, 0.25) is 0 Å². The first-order chi connectivity index (χ1) is 12.9. The molecule has 1 fully saturated rings. The number of carbonyl (C=O) groups is 2. The smallest absolute Gasteiger partial charge is 0.344 e. The molecule has 0 aliphatic heterocycles. The molecule has 1 aromatic heterocycles. The van der Waals surface area contributed by atoms with Crippen molar-refractivity contribution in [2.24, 2.45) is 16.7 Å². The van der Waals surface area contributed by atoms with E-state index in [2.05, 4.69) is 18.8 Å². The second-order valence-corrected chi connectivity index (χ2v) is 10.0. The summed E-state index contributed by atoms with van der Waals surface area (Å²) in [5.74, 6) is -0.293. The molecule has 0 radical (unpaired) electrons. The largest absolute Gasteiger partial charge is 0.458 e. The Labute approximate surface area is 166 Å². The van der Waals surface area contributed by atoms with Gasteiger partial charge >= 0.3 is 5.97 Å². The minimum atomic E-state index is -0.679. The number of carbonyl (C=O) groups excluding carboxylic acids is 2. The molecule has 1 aromatic rings. The number of rotatable bonds is 5. The van der Waals surface area contributed by atoms with E-state index in [0.717, 1.165) is 0 Å². The van der Waals surface area contributed by atoms with Gasteiger partial charge in [-0.05, 0) is 23.8 Å². The minimum absolute atomic E-state index is 0.0262. The number of Topliss-reactive ketones (excluding diaryl/α,β-unsaturated/α-hetero) is 1. The third kappa shape index (κ3) is 3.93. The maximum Gasteiger partial charge on any atom is 0.344 e. The van der Waals surface area contributed by atoms with Crippen molar-refractivity contribution < 1.29 is 19.1 Å². The summed E-state index contributed by atoms with van der Waals surface area (Å²) < 4.78 is 11.5. The van der Waals surface area contributed by atoms with Gasteiger partial charge in [-0.25, -0.2) is 4.79 Å². The van der Waals surface area contributed by atoms with E-state index in [0.29, 0.717) is 43.0 Å². The van der Waals surface area contributed by atoms with Crippen molar-refractivity contribution in [3.8, 4) is 0 Å². The number of hydrogen-bond acceptors (Lipinski definition) is 5. The second-order valence-electron chi connectivity index (χ2n) is 10.0. The highest BCUT2D eigenvalue weighted by Gasteiger charge is 2.51. The van der Waals surface area contributed by atoms with Gasteiger partial charge in [-0.1, -0.05) is 41.5 Å². The van der Waals surface area contributed by atoms with E-state index in [-0.39, 0.29) is 34.4 Å². The first-order valence-corrected chi connectivity index (χ1v) is 10.0. The van der Waals surface area contributed by atoms with Gasteiger partial charge in [0, 0.05) is 36.1 Å². The molecule has 2 atom stereocenters. The summed E-state index contributed by atoms with van der Waals surface area (Å²) in [6.45, 7) is 12.8. The van der Waals surface area contributed by atoms with Gasteiger partial charge < -0.3 is 14.5 Å². The molecule has 0 aromatic carbocycles. The molecule has 1 N–H and O–H groups in total. The molecule has 154 valence electrons. The SMILES string of the molecule is CC(C)CO[C@H]1C[C@@H](OC(=O)c2cc3c([nH]c2=O)CC(C)(C)CC3=O)C1(C)C. The molecule has 2 aliphatic carbocycles. The van der Waals surface area contributed by atoms with Crippen LogP contribution in [0.2, 0.25) is 0 Å². The van der Waals surface area contributed by atoms with Crippen LogP contribution in [-0.2, 0) is 15.9 Å². The fourth-order valence-electron chi connectivity index (χ4n) is 4.01. The monoisotopic (exact) mass is 389 g/mol. The number of ketones is 1. The Kier molecular flexibility index (Phi) is 5.30. The summed E-state index contributed by atoms with van der Waals surface area (Å²) in [4.78, 5) is 40.3. The molecule has 28 heavy (non-hydrogen) atoms. The van der Waals surface area contributed by atoms with Gasteiger partial charge in [0.1, 0.15) is 11.7 Å². The van der Waals surface area contributed by atoms with Crippen molar-refractivity contribution in [2.45, 2.75) is 73.0 Å². The molecular weight excluding hydrogens is 358 g/mol. The topological polar surface area (TPSA) is 85.5 Å². The zero-order valence-corrected chi connectivity index (χ0v) is 17.7. The zero-order chi connectivity index (χ0) is 20.9. The van der Waals surface area contributed by atoms with Crippen LogP contribution in [0.4, 0.5) is 0 Å². The molecule has 2 aliphatic rings. The molecule has 6 heteroatoms. The predicted molar refractivity (Wildman–Crippen MR) is 106 cm³/mol. The van der Waals surface area contributed by atoms with E-state index in [4.69, 9.17) is 9.47 Å². The van der Waals surface area contributed by atoms with E-state index in [1.54, 1.807) is 0 Å². The van der Waals surface area contributed by atoms with Gasteiger partial charge in [0.15, 0.2) is 5.78 Å². The Balaban J connectivity index is 1.73. The first kappa shape index (κ1) is 20.8. The lowest BCUT2D eigenvalue weighted by molar-refractivity contribution is -0.180. The predicted octanol–water partition coefficient (Wildman–Crippen LogP) is 3.53. The van der Waals surface area contributed by atoms with E-state index in [9.17, 15) is 14.4 Å². The van der Waals surface area contributed by atoms with Crippen LogP contribution < -0.4 is 5.56 Å². The molecule has 0 bridgehead atoms. The van der Waals surface area contributed by atoms with Crippen LogP contribution in [0.1, 0.15) is 80.8 Å². The number of aromatic nitrogens is 1. The minimum Gasteiger partial charge on any atom is -0.458 e. The fraction of sp³-hybridized carbons (Fsp3) is 0.682. The highest BCUT2D eigenvalue weighted by Crippen LogP contribution is 2.45. The second kappa shape index (κ2) is 7.14. The average Bonchev–Trinajstić information content (AvgIpc) is 2.55. The maximum absolute atomic E-state index is 12.7. The summed E-state index contributed by atoms with van der Waals surface area (Å²) in [5.41, 5.74) is -0.0829. The van der Waals surface area contributed by atoms with Gasteiger partial charge in [-0.2, -0.15) is 0 Å². The number of nitrogens with one attached hydrogen (secondary N) is 1. The highest BCUT2D eigenvalue weighted by molar-refractivity contribution is 6.01. The number of hydrogen-bond donors (Lipinski definition) is 1. The number of aromatic amines is 1. The normalized spacial score (nSPS) is 25.2. The molecule has 3 rings (SSSR count). The first-order valence-electron chi connectivity index (χ1n) is 10.0. The van der Waals surface area contributed by atoms with E-state index >= 15 is 0 Å². The lowest BCUT2D eigenvalue weighted by atomic mass is 9.66. The Morgan fingerprint density at radius 1 is 1.18 bits per heavy atom. The number of ether oxygens (including phenoxy) is 2. The number of fused-ring (bicyclic) bond motifs is 1. The molecule has 1 heterocycles. The number of pyridine rings is 1. The standard InChI is InChI=1S/C22H31NO5/c1-12(2)11-27-17-8-18(22(17,5)6)28-20(26)14-7-13-15(23-19(14)25)9-21(3,4)10-16(13)24/h7,12,17-18H,8-11H2,1-6H3,(H,23,25)/t17-,18+/m0/s1. The zero-order valence-electron chi connectivity index (χ0n) is 17.7. The molecule has 6 nitrogen and oxygen atoms in total. The van der Waals surface area contributed by atoms with Crippen LogP contribution in [0, 0.1) is 16.7 Å². The van der Waals surface area contributed by atoms with Crippen LogP contribution in [0.25, 0.3) is 0 Å². The van der Waals surface area contributed by atoms with E-state index in [1.165, 1.54) is 6.07 Å². The average molecular weight is 389 g/mol. The lowest BCUT2D eigenvalue weighted by Crippen LogP contribution is -2.56. The lowest BCUT2D eigenvalue weighted by Gasteiger charge is -2.50. The summed E-state index contributed by atoms with van der Waals surface area (Å²) in [5, 5.41) is 0. The van der Waals surface area contributed by atoms with Crippen LogP contribution in [-0.4, -0.2) is 35.6 Å². The Morgan fingerprint density at radius 3 is 2.46 bits per heavy atom. The van der Waals surface area contributed by atoms with Crippen molar-refractivity contribution in [3.63, 3.8) is 0 Å². The van der Waals surface area contributed by atoms with Crippen LogP contribution in [0.15, 0.2) is 10.9 Å². The molecular formula is C22H31NO5. The number of esters is 1. The van der Waals surface area contributed by atoms with E-state index in [1.807, 2.05) is 27.7 Å². The third-order valence-corrected chi connectivity index (χ3v) is 5.91. The molecule has 0 spiro atoms. The highest BCUT2D eigenvalue weighted by atomic mass is 16.6. The van der Waals surface area contributed by atoms with Gasteiger partial charge in [0.05, 0.1) is 6.10 Å². The molecule has 0 saturated heterocycles. The quantitative estimate of drug-likeness (QED) is 0.779. The fourth-order valence-corrected chi connectivity index (χ4v) is 4.01. The summed E-state index contributed by atoms with van der Waals surface area (Å²) >= 11 is 0. The van der Waals surface area contributed by atoms with Gasteiger partial charge in [-0.15, -0.1) is 0 Å². The third-order valence-electron chi connectivity index (χ3n) is 5.91.